The number of ether oxygens (including phenoxy) is 2. The lowest BCUT2D eigenvalue weighted by molar-refractivity contribution is 0.287. The van der Waals surface area contributed by atoms with Crippen LogP contribution in [0.5, 0.6) is 11.5 Å². The standard InChI is InChI=1S/C14H23NO2/c1-3-4-10-15-11-7-12-17-14-9-6-5-8-13(14)16-2/h5-6,8-9,15H,3-4,7,10-12H2,1-2H3. The molecule has 96 valence electrons. The van der Waals surface area contributed by atoms with Crippen molar-refractivity contribution < 1.29 is 9.47 Å². The summed E-state index contributed by atoms with van der Waals surface area (Å²) in [7, 11) is 1.66. The molecule has 0 fully saturated rings. The number of unbranched alkanes of at least 4 members (excludes halogenated alkanes) is 1. The lowest BCUT2D eigenvalue weighted by Crippen LogP contribution is -2.18. The largest absolute Gasteiger partial charge is 0.493 e. The van der Waals surface area contributed by atoms with Crippen molar-refractivity contribution in [3.8, 4) is 11.5 Å². The minimum Gasteiger partial charge on any atom is -0.493 e. The highest BCUT2D eigenvalue weighted by atomic mass is 16.5. The predicted molar refractivity (Wildman–Crippen MR) is 70.9 cm³/mol. The third-order valence-electron chi connectivity index (χ3n) is 2.53. The summed E-state index contributed by atoms with van der Waals surface area (Å²) in [6, 6.07) is 7.74. The fraction of sp³-hybridized carbons (Fsp3) is 0.571. The van der Waals surface area contributed by atoms with Crippen LogP contribution < -0.4 is 14.8 Å². The molecule has 1 aromatic carbocycles. The second-order valence-electron chi connectivity index (χ2n) is 3.96. The highest BCUT2D eigenvalue weighted by Gasteiger charge is 2.01. The summed E-state index contributed by atoms with van der Waals surface area (Å²) < 4.78 is 10.9. The Hall–Kier alpha value is -1.22. The van der Waals surface area contributed by atoms with Gasteiger partial charge in [-0.2, -0.15) is 0 Å². The van der Waals surface area contributed by atoms with E-state index in [0.717, 1.165) is 37.6 Å². The molecule has 0 bridgehead atoms. The average molecular weight is 237 g/mol. The molecule has 0 spiro atoms. The van der Waals surface area contributed by atoms with Crippen molar-refractivity contribution in [1.29, 1.82) is 0 Å². The van der Waals surface area contributed by atoms with Crippen LogP contribution in [0.15, 0.2) is 24.3 Å². The summed E-state index contributed by atoms with van der Waals surface area (Å²) in [4.78, 5) is 0. The van der Waals surface area contributed by atoms with E-state index in [9.17, 15) is 0 Å². The molecule has 0 atom stereocenters. The van der Waals surface area contributed by atoms with E-state index in [2.05, 4.69) is 12.2 Å². The highest BCUT2D eigenvalue weighted by molar-refractivity contribution is 5.39. The molecule has 17 heavy (non-hydrogen) atoms. The second-order valence-corrected chi connectivity index (χ2v) is 3.96. The van der Waals surface area contributed by atoms with Crippen molar-refractivity contribution in [2.75, 3.05) is 26.8 Å². The normalized spacial score (nSPS) is 10.2. The minimum atomic E-state index is 0.722. The molecular weight excluding hydrogens is 214 g/mol. The summed E-state index contributed by atoms with van der Waals surface area (Å²) in [5, 5.41) is 3.39. The SMILES string of the molecule is CCCCNCCCOc1ccccc1OC. The van der Waals surface area contributed by atoms with Gasteiger partial charge in [0.15, 0.2) is 11.5 Å². The van der Waals surface area contributed by atoms with Crippen LogP contribution in [0.1, 0.15) is 26.2 Å². The van der Waals surface area contributed by atoms with E-state index in [-0.39, 0.29) is 0 Å². The van der Waals surface area contributed by atoms with E-state index >= 15 is 0 Å². The summed E-state index contributed by atoms with van der Waals surface area (Å²) in [6.45, 7) is 5.03. The van der Waals surface area contributed by atoms with Crippen LogP contribution >= 0.6 is 0 Å². The zero-order valence-electron chi connectivity index (χ0n) is 10.9. The lowest BCUT2D eigenvalue weighted by atomic mass is 10.3. The van der Waals surface area contributed by atoms with E-state index in [4.69, 9.17) is 9.47 Å². The summed E-state index contributed by atoms with van der Waals surface area (Å²) in [5.74, 6) is 1.62. The van der Waals surface area contributed by atoms with Gasteiger partial charge in [0, 0.05) is 0 Å². The van der Waals surface area contributed by atoms with E-state index in [1.54, 1.807) is 7.11 Å². The molecule has 0 heterocycles. The van der Waals surface area contributed by atoms with Crippen molar-refractivity contribution >= 4 is 0 Å². The zero-order valence-corrected chi connectivity index (χ0v) is 10.9. The zero-order chi connectivity index (χ0) is 12.3. The number of hydrogen-bond acceptors (Lipinski definition) is 3. The van der Waals surface area contributed by atoms with Crippen molar-refractivity contribution in [1.82, 2.24) is 5.32 Å². The summed E-state index contributed by atoms with van der Waals surface area (Å²) >= 11 is 0. The molecule has 3 nitrogen and oxygen atoms in total. The van der Waals surface area contributed by atoms with Crippen molar-refractivity contribution in [3.05, 3.63) is 24.3 Å². The fourth-order valence-corrected chi connectivity index (χ4v) is 1.54. The molecule has 1 rings (SSSR count). The van der Waals surface area contributed by atoms with Gasteiger partial charge in [0.2, 0.25) is 0 Å². The molecule has 0 aliphatic rings. The molecule has 3 heteroatoms. The van der Waals surface area contributed by atoms with Gasteiger partial charge >= 0.3 is 0 Å². The first-order valence-corrected chi connectivity index (χ1v) is 6.35. The molecule has 0 aliphatic heterocycles. The molecule has 0 unspecified atom stereocenters. The number of rotatable bonds is 9. The third-order valence-corrected chi connectivity index (χ3v) is 2.53. The molecule has 0 aromatic heterocycles. The van der Waals surface area contributed by atoms with Gasteiger partial charge < -0.3 is 14.8 Å². The maximum Gasteiger partial charge on any atom is 0.161 e. The molecular formula is C14H23NO2. The quantitative estimate of drug-likeness (QED) is 0.670. The number of hydrogen-bond donors (Lipinski definition) is 1. The molecule has 1 aromatic rings. The first kappa shape index (κ1) is 13.8. The topological polar surface area (TPSA) is 30.5 Å². The van der Waals surface area contributed by atoms with Crippen LogP contribution in [0, 0.1) is 0 Å². The van der Waals surface area contributed by atoms with Crippen LogP contribution in [-0.2, 0) is 0 Å². The second kappa shape index (κ2) is 8.88. The van der Waals surface area contributed by atoms with E-state index in [1.807, 2.05) is 24.3 Å². The first-order chi connectivity index (χ1) is 8.38. The van der Waals surface area contributed by atoms with Gasteiger partial charge in [-0.15, -0.1) is 0 Å². The first-order valence-electron chi connectivity index (χ1n) is 6.35. The van der Waals surface area contributed by atoms with Crippen LogP contribution in [-0.4, -0.2) is 26.8 Å². The Morgan fingerprint density at radius 1 is 1.06 bits per heavy atom. The van der Waals surface area contributed by atoms with Crippen LogP contribution in [0.3, 0.4) is 0 Å². The number of benzene rings is 1. The maximum absolute atomic E-state index is 5.67. The molecule has 0 saturated heterocycles. The molecule has 0 saturated carbocycles. The van der Waals surface area contributed by atoms with Gasteiger partial charge in [-0.05, 0) is 38.1 Å². The Kier molecular flexibility index (Phi) is 7.23. The number of para-hydroxylation sites is 2. The Labute approximate surface area is 104 Å². The Morgan fingerprint density at radius 2 is 1.76 bits per heavy atom. The summed E-state index contributed by atoms with van der Waals surface area (Å²) in [5.41, 5.74) is 0. The molecule has 0 aliphatic carbocycles. The summed E-state index contributed by atoms with van der Waals surface area (Å²) in [6.07, 6.45) is 3.50. The van der Waals surface area contributed by atoms with E-state index < -0.39 is 0 Å². The fourth-order valence-electron chi connectivity index (χ4n) is 1.54. The Bertz CT molecular complexity index is 302. The lowest BCUT2D eigenvalue weighted by Gasteiger charge is -2.10. The van der Waals surface area contributed by atoms with E-state index in [1.165, 1.54) is 12.8 Å². The van der Waals surface area contributed by atoms with Gasteiger partial charge in [-0.25, -0.2) is 0 Å². The molecule has 0 radical (unpaired) electrons. The monoisotopic (exact) mass is 237 g/mol. The van der Waals surface area contributed by atoms with Gasteiger partial charge in [0.1, 0.15) is 0 Å². The predicted octanol–water partition coefficient (Wildman–Crippen LogP) is 2.85. The molecule has 0 amide bonds. The van der Waals surface area contributed by atoms with Gasteiger partial charge in [-0.3, -0.25) is 0 Å². The van der Waals surface area contributed by atoms with E-state index in [0.29, 0.717) is 0 Å². The minimum absolute atomic E-state index is 0.722. The smallest absolute Gasteiger partial charge is 0.161 e. The Morgan fingerprint density at radius 3 is 2.47 bits per heavy atom. The van der Waals surface area contributed by atoms with Crippen molar-refractivity contribution in [2.24, 2.45) is 0 Å². The van der Waals surface area contributed by atoms with Crippen LogP contribution in [0.2, 0.25) is 0 Å². The van der Waals surface area contributed by atoms with Crippen molar-refractivity contribution in [3.63, 3.8) is 0 Å². The average Bonchev–Trinajstić information content (AvgIpc) is 2.38. The van der Waals surface area contributed by atoms with Crippen LogP contribution in [0.4, 0.5) is 0 Å². The Balaban J connectivity index is 2.13. The number of nitrogens with one attached hydrogen (secondary N) is 1. The van der Waals surface area contributed by atoms with Crippen LogP contribution in [0.25, 0.3) is 0 Å². The van der Waals surface area contributed by atoms with Gasteiger partial charge in [0.05, 0.1) is 13.7 Å². The van der Waals surface area contributed by atoms with Gasteiger partial charge in [-0.1, -0.05) is 25.5 Å². The number of methoxy groups -OCH3 is 1. The van der Waals surface area contributed by atoms with Crippen molar-refractivity contribution in [2.45, 2.75) is 26.2 Å². The van der Waals surface area contributed by atoms with Gasteiger partial charge in [0.25, 0.3) is 0 Å². The maximum atomic E-state index is 5.67. The third kappa shape index (κ3) is 5.59. The molecule has 1 N–H and O–H groups in total. The highest BCUT2D eigenvalue weighted by Crippen LogP contribution is 2.25.